The molecule has 8 nitrogen and oxygen atoms in total. The number of carbonyl (C=O) groups is 4. The minimum atomic E-state index is -0.790. The van der Waals surface area contributed by atoms with E-state index in [0.29, 0.717) is 31.6 Å². The topological polar surface area (TPSA) is 108 Å². The molecule has 0 saturated carbocycles. The third-order valence-corrected chi connectivity index (χ3v) is 5.32. The molecule has 0 aliphatic rings. The summed E-state index contributed by atoms with van der Waals surface area (Å²) < 4.78 is 15.5. The second kappa shape index (κ2) is 16.8. The van der Waals surface area contributed by atoms with Crippen LogP contribution in [0.5, 0.6) is 5.75 Å². The van der Waals surface area contributed by atoms with E-state index in [-0.39, 0.29) is 43.7 Å². The smallest absolute Gasteiger partial charge is 0.407 e. The van der Waals surface area contributed by atoms with Crippen molar-refractivity contribution < 1.29 is 33.4 Å². The Morgan fingerprint density at radius 2 is 1.54 bits per heavy atom. The number of carbonyl (C=O) groups excluding carboxylic acids is 4. The lowest BCUT2D eigenvalue weighted by Gasteiger charge is -2.23. The van der Waals surface area contributed by atoms with Crippen LogP contribution < -0.4 is 10.1 Å². The molecular formula is C27H41NO7. The first-order chi connectivity index (χ1) is 16.6. The highest BCUT2D eigenvalue weighted by atomic mass is 16.6. The Hall–Kier alpha value is -2.74. The van der Waals surface area contributed by atoms with Crippen LogP contribution in [0, 0.1) is 17.8 Å². The number of Topliss-reactive ketones (excluding diaryl/α,β-unsaturated/α-hetero) is 3. The Morgan fingerprint density at radius 3 is 2.14 bits per heavy atom. The molecule has 0 aliphatic carbocycles. The molecule has 0 radical (unpaired) electrons. The van der Waals surface area contributed by atoms with Crippen molar-refractivity contribution in [3.8, 4) is 5.75 Å². The maximum absolute atomic E-state index is 13.1. The molecule has 0 aromatic heterocycles. The molecule has 1 N–H and O–H groups in total. The summed E-state index contributed by atoms with van der Waals surface area (Å²) in [6.07, 6.45) is 0.497. The maximum atomic E-state index is 13.1. The average Bonchev–Trinajstić information content (AvgIpc) is 2.80. The number of ether oxygens (including phenoxy) is 3. The van der Waals surface area contributed by atoms with Gasteiger partial charge in [-0.3, -0.25) is 14.4 Å². The Kier molecular flexibility index (Phi) is 14.6. The highest BCUT2D eigenvalue weighted by molar-refractivity contribution is 6.38. The number of nitrogens with one attached hydrogen (secondary N) is 1. The maximum Gasteiger partial charge on any atom is 0.407 e. The molecule has 8 heteroatoms. The van der Waals surface area contributed by atoms with Gasteiger partial charge in [0.2, 0.25) is 5.78 Å². The molecular weight excluding hydrogens is 450 g/mol. The molecule has 2 atom stereocenters. The van der Waals surface area contributed by atoms with Crippen LogP contribution in [0.3, 0.4) is 0 Å². The second-order valence-electron chi connectivity index (χ2n) is 9.50. The molecule has 196 valence electrons. The predicted octanol–water partition coefficient (Wildman–Crippen LogP) is 4.39. The van der Waals surface area contributed by atoms with Crippen molar-refractivity contribution in [3.63, 3.8) is 0 Å². The van der Waals surface area contributed by atoms with Gasteiger partial charge in [0, 0.05) is 25.9 Å². The van der Waals surface area contributed by atoms with Crippen molar-refractivity contribution in [2.24, 2.45) is 17.8 Å². The first-order valence-electron chi connectivity index (χ1n) is 12.3. The van der Waals surface area contributed by atoms with Crippen LogP contribution in [0.25, 0.3) is 0 Å². The average molecular weight is 492 g/mol. The number of hydrogen-bond donors (Lipinski definition) is 1. The lowest BCUT2D eigenvalue weighted by molar-refractivity contribution is -0.140. The minimum absolute atomic E-state index is 0.0634. The van der Waals surface area contributed by atoms with E-state index in [1.54, 1.807) is 0 Å². The SMILES string of the molecule is COCCOC(=O)N[C@@H](CC(C)C)C(=O)C[C@@H](CC(C)C)C(=O)C(=O)CCCOc1ccccc1. The first kappa shape index (κ1) is 30.3. The van der Waals surface area contributed by atoms with Crippen molar-refractivity contribution in [1.29, 1.82) is 0 Å². The highest BCUT2D eigenvalue weighted by Gasteiger charge is 2.31. The first-order valence-corrected chi connectivity index (χ1v) is 12.3. The summed E-state index contributed by atoms with van der Waals surface area (Å²) in [5.41, 5.74) is 0. The molecule has 1 aromatic carbocycles. The normalized spacial score (nSPS) is 12.8. The van der Waals surface area contributed by atoms with Crippen molar-refractivity contribution in [3.05, 3.63) is 30.3 Å². The van der Waals surface area contributed by atoms with Gasteiger partial charge in [0.15, 0.2) is 11.6 Å². The Labute approximate surface area is 209 Å². The molecule has 0 heterocycles. The number of alkyl carbamates (subject to hydrolysis) is 1. The van der Waals surface area contributed by atoms with Gasteiger partial charge in [-0.25, -0.2) is 4.79 Å². The molecule has 0 aliphatic heterocycles. The van der Waals surface area contributed by atoms with Crippen LogP contribution in [0.2, 0.25) is 0 Å². The van der Waals surface area contributed by atoms with Gasteiger partial charge in [-0.2, -0.15) is 0 Å². The molecule has 0 saturated heterocycles. The van der Waals surface area contributed by atoms with Crippen LogP contribution in [-0.4, -0.2) is 56.4 Å². The van der Waals surface area contributed by atoms with Gasteiger partial charge in [0.1, 0.15) is 12.4 Å². The third-order valence-electron chi connectivity index (χ3n) is 5.32. The van der Waals surface area contributed by atoms with E-state index in [2.05, 4.69) is 5.32 Å². The number of ketones is 3. The highest BCUT2D eigenvalue weighted by Crippen LogP contribution is 2.21. The molecule has 35 heavy (non-hydrogen) atoms. The Morgan fingerprint density at radius 1 is 0.886 bits per heavy atom. The zero-order valence-electron chi connectivity index (χ0n) is 21.7. The van der Waals surface area contributed by atoms with E-state index in [1.807, 2.05) is 58.0 Å². The van der Waals surface area contributed by atoms with E-state index < -0.39 is 29.6 Å². The summed E-state index contributed by atoms with van der Waals surface area (Å²) in [6, 6.07) is 8.47. The van der Waals surface area contributed by atoms with Gasteiger partial charge in [0.25, 0.3) is 0 Å². The fourth-order valence-electron chi connectivity index (χ4n) is 3.67. The largest absolute Gasteiger partial charge is 0.494 e. The molecule has 1 aromatic rings. The van der Waals surface area contributed by atoms with Crippen molar-refractivity contribution in [2.45, 2.75) is 65.8 Å². The summed E-state index contributed by atoms with van der Waals surface area (Å²) >= 11 is 0. The van der Waals surface area contributed by atoms with E-state index in [9.17, 15) is 19.2 Å². The summed E-state index contributed by atoms with van der Waals surface area (Å²) in [4.78, 5) is 50.8. The number of para-hydroxylation sites is 1. The Bertz CT molecular complexity index is 792. The lowest BCUT2D eigenvalue weighted by atomic mass is 9.84. The standard InChI is InChI=1S/C27H41NO7/c1-19(2)16-21(26(31)24(29)12-9-13-34-22-10-7-6-8-11-22)18-25(30)23(17-20(3)4)28-27(32)35-15-14-33-5/h6-8,10-11,19-21,23H,9,12-18H2,1-5H3,(H,28,32)/t21-,23+/m1/s1. The van der Waals surface area contributed by atoms with E-state index in [1.165, 1.54) is 7.11 Å². The van der Waals surface area contributed by atoms with Gasteiger partial charge in [-0.15, -0.1) is 0 Å². The van der Waals surface area contributed by atoms with E-state index >= 15 is 0 Å². The van der Waals surface area contributed by atoms with Crippen molar-refractivity contribution >= 4 is 23.4 Å². The number of hydrogen-bond acceptors (Lipinski definition) is 7. The van der Waals surface area contributed by atoms with Gasteiger partial charge >= 0.3 is 6.09 Å². The summed E-state index contributed by atoms with van der Waals surface area (Å²) in [5, 5.41) is 2.61. The quantitative estimate of drug-likeness (QED) is 0.240. The van der Waals surface area contributed by atoms with Crippen LogP contribution in [0.4, 0.5) is 4.79 Å². The molecule has 0 fully saturated rings. The van der Waals surface area contributed by atoms with Crippen molar-refractivity contribution in [2.75, 3.05) is 26.9 Å². The minimum Gasteiger partial charge on any atom is -0.494 e. The number of rotatable bonds is 18. The third kappa shape index (κ3) is 13.1. The molecule has 0 bridgehead atoms. The zero-order valence-corrected chi connectivity index (χ0v) is 21.7. The molecule has 0 unspecified atom stereocenters. The lowest BCUT2D eigenvalue weighted by Crippen LogP contribution is -2.43. The van der Waals surface area contributed by atoms with Gasteiger partial charge < -0.3 is 19.5 Å². The summed E-state index contributed by atoms with van der Waals surface area (Å²) in [6.45, 7) is 8.41. The van der Waals surface area contributed by atoms with E-state index in [4.69, 9.17) is 14.2 Å². The number of benzene rings is 1. The van der Waals surface area contributed by atoms with Crippen molar-refractivity contribution in [1.82, 2.24) is 5.32 Å². The monoisotopic (exact) mass is 491 g/mol. The van der Waals surface area contributed by atoms with Crippen LogP contribution in [0.15, 0.2) is 30.3 Å². The molecule has 0 spiro atoms. The van der Waals surface area contributed by atoms with Crippen LogP contribution in [0.1, 0.15) is 59.8 Å². The van der Waals surface area contributed by atoms with Gasteiger partial charge in [-0.05, 0) is 43.2 Å². The van der Waals surface area contributed by atoms with Gasteiger partial charge in [0.05, 0.1) is 19.3 Å². The molecule has 1 amide bonds. The van der Waals surface area contributed by atoms with Crippen LogP contribution in [-0.2, 0) is 23.9 Å². The number of methoxy groups -OCH3 is 1. The Balaban J connectivity index is 2.71. The number of amides is 1. The fourth-order valence-corrected chi connectivity index (χ4v) is 3.67. The van der Waals surface area contributed by atoms with E-state index in [0.717, 1.165) is 0 Å². The fraction of sp³-hybridized carbons (Fsp3) is 0.630. The zero-order chi connectivity index (χ0) is 26.2. The van der Waals surface area contributed by atoms with Gasteiger partial charge in [-0.1, -0.05) is 45.9 Å². The predicted molar refractivity (Wildman–Crippen MR) is 133 cm³/mol. The summed E-state index contributed by atoms with van der Waals surface area (Å²) in [7, 11) is 1.50. The molecule has 1 rings (SSSR count). The second-order valence-corrected chi connectivity index (χ2v) is 9.50. The summed E-state index contributed by atoms with van der Waals surface area (Å²) in [5.74, 6) is -1.05. The van der Waals surface area contributed by atoms with Crippen LogP contribution >= 0.6 is 0 Å².